The summed E-state index contributed by atoms with van der Waals surface area (Å²) < 4.78 is 45.2. The molecule has 1 fully saturated rings. The molecule has 192 valence electrons. The number of sulfonamides is 1. The highest BCUT2D eigenvalue weighted by Gasteiger charge is 2.32. The van der Waals surface area contributed by atoms with E-state index in [0.29, 0.717) is 57.5 Å². The van der Waals surface area contributed by atoms with Crippen molar-refractivity contribution in [3.63, 3.8) is 0 Å². The molecular weight excluding hydrogens is 480 g/mol. The molecule has 9 nitrogen and oxygen atoms in total. The van der Waals surface area contributed by atoms with Crippen LogP contribution < -0.4 is 19.1 Å². The zero-order chi connectivity index (χ0) is 25.5. The fourth-order valence-electron chi connectivity index (χ4n) is 4.08. The van der Waals surface area contributed by atoms with Crippen LogP contribution in [0, 0.1) is 0 Å². The molecule has 0 N–H and O–H groups in total. The van der Waals surface area contributed by atoms with Gasteiger partial charge in [0, 0.05) is 43.9 Å². The quantitative estimate of drug-likeness (QED) is 0.404. The van der Waals surface area contributed by atoms with Crippen molar-refractivity contribution in [2.45, 2.75) is 25.7 Å². The largest absolute Gasteiger partial charge is 0.494 e. The van der Waals surface area contributed by atoms with Crippen LogP contribution in [0.4, 0.5) is 5.82 Å². The third-order valence-electron chi connectivity index (χ3n) is 5.82. The lowest BCUT2D eigenvalue weighted by molar-refractivity contribution is 0.319. The normalized spacial score (nSPS) is 14.5. The minimum atomic E-state index is -3.76. The van der Waals surface area contributed by atoms with Crippen LogP contribution in [0.2, 0.25) is 0 Å². The van der Waals surface area contributed by atoms with E-state index in [0.717, 1.165) is 22.8 Å². The van der Waals surface area contributed by atoms with Crippen LogP contribution in [0.15, 0.2) is 59.8 Å². The van der Waals surface area contributed by atoms with Crippen molar-refractivity contribution in [3.05, 3.63) is 54.9 Å². The maximum atomic E-state index is 13.5. The molecule has 36 heavy (non-hydrogen) atoms. The van der Waals surface area contributed by atoms with E-state index in [1.807, 2.05) is 51.1 Å². The second kappa shape index (κ2) is 11.6. The Kier molecular flexibility index (Phi) is 8.27. The Morgan fingerprint density at radius 3 is 2.08 bits per heavy atom. The summed E-state index contributed by atoms with van der Waals surface area (Å²) in [6.45, 7) is 8.74. The molecule has 0 unspecified atom stereocenters. The average molecular weight is 513 g/mol. The molecule has 0 radical (unpaired) electrons. The summed E-state index contributed by atoms with van der Waals surface area (Å²) in [6.07, 6.45) is 1.54. The van der Waals surface area contributed by atoms with Crippen molar-refractivity contribution in [2.24, 2.45) is 0 Å². The number of benzene rings is 2. The van der Waals surface area contributed by atoms with Gasteiger partial charge in [-0.3, -0.25) is 0 Å². The van der Waals surface area contributed by atoms with E-state index < -0.39 is 10.0 Å². The van der Waals surface area contributed by atoms with Crippen molar-refractivity contribution < 1.29 is 22.6 Å². The van der Waals surface area contributed by atoms with E-state index in [-0.39, 0.29) is 4.90 Å². The lowest BCUT2D eigenvalue weighted by Gasteiger charge is -2.35. The summed E-state index contributed by atoms with van der Waals surface area (Å²) in [7, 11) is -3.76. The number of ether oxygens (including phenoxy) is 3. The standard InChI is InChI=1S/C26H32N4O5S/c1-4-33-21-9-7-20(8-10-21)23-18-26(28-19-27-23)29-13-15-30(16-14-29)36(31,32)25-17-22(34-5-2)11-12-24(25)35-6-3/h7-12,17-19H,4-6,13-16H2,1-3H3. The summed E-state index contributed by atoms with van der Waals surface area (Å²) in [5, 5.41) is 0. The van der Waals surface area contributed by atoms with E-state index in [2.05, 4.69) is 14.9 Å². The second-order valence-corrected chi connectivity index (χ2v) is 9.99. The first-order valence-electron chi connectivity index (χ1n) is 12.2. The Morgan fingerprint density at radius 1 is 0.778 bits per heavy atom. The molecule has 0 bridgehead atoms. The number of hydrogen-bond donors (Lipinski definition) is 0. The SMILES string of the molecule is CCOc1ccc(-c2cc(N3CCN(S(=O)(=O)c4cc(OCC)ccc4OCC)CC3)ncn2)cc1. The van der Waals surface area contributed by atoms with E-state index >= 15 is 0 Å². The first-order chi connectivity index (χ1) is 17.5. The molecule has 1 aliphatic rings. The van der Waals surface area contributed by atoms with Crippen LogP contribution in [-0.2, 0) is 10.0 Å². The molecule has 3 aromatic rings. The molecule has 4 rings (SSSR count). The van der Waals surface area contributed by atoms with Gasteiger partial charge >= 0.3 is 0 Å². The Labute approximate surface area is 212 Å². The molecule has 10 heteroatoms. The Morgan fingerprint density at radius 2 is 1.42 bits per heavy atom. The summed E-state index contributed by atoms with van der Waals surface area (Å²) in [5.74, 6) is 2.41. The van der Waals surface area contributed by atoms with Gasteiger partial charge in [-0.15, -0.1) is 0 Å². The third-order valence-corrected chi connectivity index (χ3v) is 7.74. The van der Waals surface area contributed by atoms with Gasteiger partial charge in [-0.05, 0) is 57.2 Å². The van der Waals surface area contributed by atoms with Crippen molar-refractivity contribution >= 4 is 15.8 Å². The van der Waals surface area contributed by atoms with E-state index in [1.54, 1.807) is 18.2 Å². The van der Waals surface area contributed by atoms with Gasteiger partial charge in [0.2, 0.25) is 10.0 Å². The summed E-state index contributed by atoms with van der Waals surface area (Å²) in [6, 6.07) is 14.6. The molecule has 0 atom stereocenters. The van der Waals surface area contributed by atoms with E-state index in [9.17, 15) is 8.42 Å². The van der Waals surface area contributed by atoms with Crippen LogP contribution in [0.3, 0.4) is 0 Å². The maximum absolute atomic E-state index is 13.5. The molecule has 1 aromatic heterocycles. The van der Waals surface area contributed by atoms with Crippen LogP contribution >= 0.6 is 0 Å². The van der Waals surface area contributed by atoms with Crippen LogP contribution in [0.1, 0.15) is 20.8 Å². The van der Waals surface area contributed by atoms with Crippen molar-refractivity contribution in [3.8, 4) is 28.5 Å². The zero-order valence-electron chi connectivity index (χ0n) is 20.9. The molecule has 2 aromatic carbocycles. The second-order valence-electron chi connectivity index (χ2n) is 8.08. The van der Waals surface area contributed by atoms with Crippen LogP contribution in [0.5, 0.6) is 17.2 Å². The molecule has 1 aliphatic heterocycles. The van der Waals surface area contributed by atoms with Gasteiger partial charge in [0.15, 0.2) is 0 Å². The molecule has 0 saturated carbocycles. The van der Waals surface area contributed by atoms with E-state index in [4.69, 9.17) is 14.2 Å². The van der Waals surface area contributed by atoms with Gasteiger partial charge in [-0.25, -0.2) is 18.4 Å². The topological polar surface area (TPSA) is 94.1 Å². The van der Waals surface area contributed by atoms with E-state index in [1.165, 1.54) is 10.6 Å². The number of anilines is 1. The number of hydrogen-bond acceptors (Lipinski definition) is 8. The van der Waals surface area contributed by atoms with Crippen LogP contribution in [-0.4, -0.2) is 68.7 Å². The predicted octanol–water partition coefficient (Wildman–Crippen LogP) is 3.85. The molecule has 2 heterocycles. The Bertz CT molecular complexity index is 1260. The number of aromatic nitrogens is 2. The van der Waals surface area contributed by atoms with Gasteiger partial charge in [0.25, 0.3) is 0 Å². The minimum absolute atomic E-state index is 0.128. The summed E-state index contributed by atoms with van der Waals surface area (Å²) in [4.78, 5) is 11.1. The first-order valence-corrected chi connectivity index (χ1v) is 13.6. The molecular formula is C26H32N4O5S. The minimum Gasteiger partial charge on any atom is -0.494 e. The van der Waals surface area contributed by atoms with Crippen molar-refractivity contribution in [1.29, 1.82) is 0 Å². The number of piperazine rings is 1. The van der Waals surface area contributed by atoms with Crippen molar-refractivity contribution in [2.75, 3.05) is 50.9 Å². The third kappa shape index (κ3) is 5.71. The Balaban J connectivity index is 1.49. The zero-order valence-corrected chi connectivity index (χ0v) is 21.7. The first kappa shape index (κ1) is 25.7. The highest BCUT2D eigenvalue weighted by molar-refractivity contribution is 7.89. The highest BCUT2D eigenvalue weighted by atomic mass is 32.2. The smallest absolute Gasteiger partial charge is 0.247 e. The monoisotopic (exact) mass is 512 g/mol. The number of rotatable bonds is 10. The average Bonchev–Trinajstić information content (AvgIpc) is 2.90. The highest BCUT2D eigenvalue weighted by Crippen LogP contribution is 2.32. The van der Waals surface area contributed by atoms with Crippen molar-refractivity contribution in [1.82, 2.24) is 14.3 Å². The number of nitrogens with zero attached hydrogens (tertiary/aromatic N) is 4. The van der Waals surface area contributed by atoms with Gasteiger partial charge in [-0.2, -0.15) is 4.31 Å². The summed E-state index contributed by atoms with van der Waals surface area (Å²) in [5.41, 5.74) is 1.76. The van der Waals surface area contributed by atoms with Gasteiger partial charge in [0.1, 0.15) is 34.3 Å². The maximum Gasteiger partial charge on any atom is 0.247 e. The predicted molar refractivity (Wildman–Crippen MR) is 138 cm³/mol. The van der Waals surface area contributed by atoms with Gasteiger partial charge in [0.05, 0.1) is 25.5 Å². The Hall–Kier alpha value is -3.37. The van der Waals surface area contributed by atoms with Gasteiger partial charge in [-0.1, -0.05) is 0 Å². The lowest BCUT2D eigenvalue weighted by atomic mass is 10.1. The molecule has 0 amide bonds. The fraction of sp³-hybridized carbons (Fsp3) is 0.385. The molecule has 0 aliphatic carbocycles. The molecule has 1 saturated heterocycles. The van der Waals surface area contributed by atoms with Crippen LogP contribution in [0.25, 0.3) is 11.3 Å². The molecule has 0 spiro atoms. The lowest BCUT2D eigenvalue weighted by Crippen LogP contribution is -2.49. The summed E-state index contributed by atoms with van der Waals surface area (Å²) >= 11 is 0. The fourth-order valence-corrected chi connectivity index (χ4v) is 5.65. The van der Waals surface area contributed by atoms with Gasteiger partial charge < -0.3 is 19.1 Å².